The Morgan fingerprint density at radius 3 is 2.79 bits per heavy atom. The van der Waals surface area contributed by atoms with Crippen molar-refractivity contribution >= 4 is 17.5 Å². The maximum absolute atomic E-state index is 13.6. The number of hydrogen-bond acceptors (Lipinski definition) is 4. The van der Waals surface area contributed by atoms with E-state index in [4.69, 9.17) is 4.74 Å². The minimum absolute atomic E-state index is 0.0410. The van der Waals surface area contributed by atoms with Gasteiger partial charge in [-0.2, -0.15) is 5.10 Å². The summed E-state index contributed by atoms with van der Waals surface area (Å²) in [6.45, 7) is 4.56. The number of nitrogens with zero attached hydrogens (tertiary/aromatic N) is 4. The van der Waals surface area contributed by atoms with E-state index in [1.54, 1.807) is 21.8 Å². The Balaban J connectivity index is 1.59. The van der Waals surface area contributed by atoms with E-state index in [1.165, 1.54) is 0 Å². The zero-order valence-electron chi connectivity index (χ0n) is 16.9. The summed E-state index contributed by atoms with van der Waals surface area (Å²) in [5.74, 6) is -0.123. The lowest BCUT2D eigenvalue weighted by molar-refractivity contribution is -0.155. The van der Waals surface area contributed by atoms with E-state index < -0.39 is 5.60 Å². The number of anilines is 1. The van der Waals surface area contributed by atoms with Crippen molar-refractivity contribution in [3.05, 3.63) is 48.3 Å². The molecule has 0 aliphatic carbocycles. The minimum atomic E-state index is -0.976. The SMILES string of the molecule is CCCn1nccc1C(=O)N1CCOC2(CCCCN(c3ccccc3)C2=O)C1. The molecular weight excluding hydrogens is 368 g/mol. The molecule has 7 heteroatoms. The summed E-state index contributed by atoms with van der Waals surface area (Å²) >= 11 is 0. The normalized spacial score (nSPS) is 22.7. The molecule has 0 N–H and O–H groups in total. The Morgan fingerprint density at radius 1 is 1.17 bits per heavy atom. The average Bonchev–Trinajstić information content (AvgIpc) is 3.16. The maximum atomic E-state index is 13.6. The van der Waals surface area contributed by atoms with Crippen LogP contribution >= 0.6 is 0 Å². The predicted molar refractivity (Wildman–Crippen MR) is 110 cm³/mol. The lowest BCUT2D eigenvalue weighted by Crippen LogP contribution is -2.61. The molecule has 154 valence electrons. The van der Waals surface area contributed by atoms with Crippen LogP contribution in [0.5, 0.6) is 0 Å². The Morgan fingerprint density at radius 2 is 2.00 bits per heavy atom. The van der Waals surface area contributed by atoms with Gasteiger partial charge in [-0.15, -0.1) is 0 Å². The molecule has 2 aliphatic rings. The van der Waals surface area contributed by atoms with Crippen LogP contribution in [0.15, 0.2) is 42.6 Å². The Kier molecular flexibility index (Phi) is 5.67. The molecule has 2 amide bonds. The first-order valence-electron chi connectivity index (χ1n) is 10.5. The summed E-state index contributed by atoms with van der Waals surface area (Å²) in [6, 6.07) is 11.5. The Labute approximate surface area is 171 Å². The third-order valence-electron chi connectivity index (χ3n) is 5.76. The molecule has 29 heavy (non-hydrogen) atoms. The van der Waals surface area contributed by atoms with Crippen molar-refractivity contribution in [3.63, 3.8) is 0 Å². The molecule has 1 aromatic heterocycles. The number of benzene rings is 1. The summed E-state index contributed by atoms with van der Waals surface area (Å²) in [4.78, 5) is 30.4. The van der Waals surface area contributed by atoms with Gasteiger partial charge in [-0.25, -0.2) is 0 Å². The number of para-hydroxylation sites is 1. The molecule has 7 nitrogen and oxygen atoms in total. The highest BCUT2D eigenvalue weighted by atomic mass is 16.5. The summed E-state index contributed by atoms with van der Waals surface area (Å²) < 4.78 is 7.86. The first-order chi connectivity index (χ1) is 14.1. The van der Waals surface area contributed by atoms with Gasteiger partial charge < -0.3 is 14.5 Å². The van der Waals surface area contributed by atoms with Crippen molar-refractivity contribution in [3.8, 4) is 0 Å². The van der Waals surface area contributed by atoms with Gasteiger partial charge in [-0.05, 0) is 43.9 Å². The quantitative estimate of drug-likeness (QED) is 0.797. The van der Waals surface area contributed by atoms with Crippen LogP contribution in [0.3, 0.4) is 0 Å². The molecule has 1 aromatic carbocycles. The van der Waals surface area contributed by atoms with E-state index >= 15 is 0 Å². The number of aromatic nitrogens is 2. The summed E-state index contributed by atoms with van der Waals surface area (Å²) in [7, 11) is 0. The zero-order chi connectivity index (χ0) is 20.3. The molecule has 2 fully saturated rings. The highest BCUT2D eigenvalue weighted by Crippen LogP contribution is 2.32. The van der Waals surface area contributed by atoms with Crippen LogP contribution in [-0.4, -0.2) is 58.3 Å². The van der Waals surface area contributed by atoms with E-state index in [9.17, 15) is 9.59 Å². The first kappa shape index (κ1) is 19.6. The van der Waals surface area contributed by atoms with Crippen molar-refractivity contribution < 1.29 is 14.3 Å². The highest BCUT2D eigenvalue weighted by molar-refractivity contribution is 6.01. The fraction of sp³-hybridized carbons (Fsp3) is 0.500. The van der Waals surface area contributed by atoms with Crippen molar-refractivity contribution in [2.45, 2.75) is 44.8 Å². The molecule has 1 spiro atoms. The van der Waals surface area contributed by atoms with E-state index in [0.29, 0.717) is 38.4 Å². The number of amides is 2. The Hall–Kier alpha value is -2.67. The molecule has 1 atom stereocenters. The monoisotopic (exact) mass is 396 g/mol. The highest BCUT2D eigenvalue weighted by Gasteiger charge is 2.48. The number of aryl methyl sites for hydroxylation is 1. The molecule has 1 unspecified atom stereocenters. The van der Waals surface area contributed by atoms with Gasteiger partial charge in [0, 0.05) is 31.5 Å². The number of rotatable bonds is 4. The van der Waals surface area contributed by atoms with E-state index in [-0.39, 0.29) is 18.4 Å². The fourth-order valence-electron chi connectivity index (χ4n) is 4.29. The molecule has 2 saturated heterocycles. The van der Waals surface area contributed by atoms with Crippen LogP contribution < -0.4 is 4.90 Å². The maximum Gasteiger partial charge on any atom is 0.272 e. The van der Waals surface area contributed by atoms with Crippen molar-refractivity contribution in [1.29, 1.82) is 0 Å². The van der Waals surface area contributed by atoms with Crippen molar-refractivity contribution in [1.82, 2.24) is 14.7 Å². The molecule has 0 saturated carbocycles. The van der Waals surface area contributed by atoms with Crippen LogP contribution in [0, 0.1) is 0 Å². The fourth-order valence-corrected chi connectivity index (χ4v) is 4.29. The lowest BCUT2D eigenvalue weighted by Gasteiger charge is -2.42. The molecule has 2 aliphatic heterocycles. The second kappa shape index (κ2) is 8.37. The van der Waals surface area contributed by atoms with Gasteiger partial charge in [0.15, 0.2) is 5.60 Å². The standard InChI is InChI=1S/C22H28N4O3/c1-2-13-26-19(10-12-23-26)20(27)24-15-16-29-22(17-24)11-6-7-14-25(21(22)28)18-8-4-3-5-9-18/h3-5,8-10,12H,2,6-7,11,13-17H2,1H3. The van der Waals surface area contributed by atoms with Crippen LogP contribution in [-0.2, 0) is 16.1 Å². The van der Waals surface area contributed by atoms with Gasteiger partial charge in [0.1, 0.15) is 5.69 Å². The summed E-state index contributed by atoms with van der Waals surface area (Å²) in [5, 5.41) is 4.27. The van der Waals surface area contributed by atoms with Crippen molar-refractivity contribution in [2.75, 3.05) is 31.1 Å². The van der Waals surface area contributed by atoms with Crippen LogP contribution in [0.4, 0.5) is 5.69 Å². The van der Waals surface area contributed by atoms with Crippen LogP contribution in [0.2, 0.25) is 0 Å². The van der Waals surface area contributed by atoms with Crippen LogP contribution in [0.1, 0.15) is 43.1 Å². The number of carbonyl (C=O) groups excluding carboxylic acids is 2. The third kappa shape index (κ3) is 3.79. The second-order valence-electron chi connectivity index (χ2n) is 7.76. The topological polar surface area (TPSA) is 67.7 Å². The van der Waals surface area contributed by atoms with E-state index in [0.717, 1.165) is 24.9 Å². The van der Waals surface area contributed by atoms with E-state index in [2.05, 4.69) is 12.0 Å². The van der Waals surface area contributed by atoms with Gasteiger partial charge in [0.05, 0.1) is 13.2 Å². The van der Waals surface area contributed by atoms with Gasteiger partial charge in [-0.3, -0.25) is 14.3 Å². The number of carbonyl (C=O) groups is 2. The summed E-state index contributed by atoms with van der Waals surface area (Å²) in [5.41, 5.74) is 0.479. The van der Waals surface area contributed by atoms with Gasteiger partial charge >= 0.3 is 0 Å². The average molecular weight is 396 g/mol. The lowest BCUT2D eigenvalue weighted by atomic mass is 9.93. The molecule has 0 radical (unpaired) electrons. The summed E-state index contributed by atoms with van der Waals surface area (Å²) in [6.07, 6.45) is 5.01. The van der Waals surface area contributed by atoms with Gasteiger partial charge in [0.2, 0.25) is 0 Å². The van der Waals surface area contributed by atoms with Gasteiger partial charge in [-0.1, -0.05) is 25.1 Å². The van der Waals surface area contributed by atoms with Crippen LogP contribution in [0.25, 0.3) is 0 Å². The first-order valence-corrected chi connectivity index (χ1v) is 10.5. The molecule has 0 bridgehead atoms. The minimum Gasteiger partial charge on any atom is -0.361 e. The predicted octanol–water partition coefficient (Wildman–Crippen LogP) is 2.72. The van der Waals surface area contributed by atoms with E-state index in [1.807, 2.05) is 35.2 Å². The molecule has 3 heterocycles. The van der Waals surface area contributed by atoms with Crippen molar-refractivity contribution in [2.24, 2.45) is 0 Å². The molecule has 2 aromatic rings. The third-order valence-corrected chi connectivity index (χ3v) is 5.76. The smallest absolute Gasteiger partial charge is 0.272 e. The zero-order valence-corrected chi connectivity index (χ0v) is 16.9. The largest absolute Gasteiger partial charge is 0.361 e. The second-order valence-corrected chi connectivity index (χ2v) is 7.76. The number of morpholine rings is 1. The Bertz CT molecular complexity index is 866. The molecular formula is C22H28N4O3. The van der Waals surface area contributed by atoms with Gasteiger partial charge in [0.25, 0.3) is 11.8 Å². The molecule has 4 rings (SSSR count). The number of hydrogen-bond donors (Lipinski definition) is 0. The number of ether oxygens (including phenoxy) is 1.